The molecule has 16 heavy (non-hydrogen) atoms. The molecule has 0 fully saturated rings. The molecule has 1 aromatic carbocycles. The highest BCUT2D eigenvalue weighted by molar-refractivity contribution is 9.11. The number of halogens is 2. The molecule has 84 valence electrons. The van der Waals surface area contributed by atoms with E-state index in [1.807, 2.05) is 19.1 Å². The summed E-state index contributed by atoms with van der Waals surface area (Å²) >= 11 is 4.96. The molecule has 0 amide bonds. The number of rotatable bonds is 3. The van der Waals surface area contributed by atoms with Crippen LogP contribution in [-0.4, -0.2) is 0 Å². The molecule has 0 aliphatic rings. The van der Waals surface area contributed by atoms with Gasteiger partial charge in [-0.1, -0.05) is 6.07 Å². The Bertz CT molecular complexity index is 496. The third kappa shape index (κ3) is 2.83. The van der Waals surface area contributed by atoms with Gasteiger partial charge in [0.2, 0.25) is 0 Å². The molecule has 4 heteroatoms. The van der Waals surface area contributed by atoms with E-state index < -0.39 is 0 Å². The Hall–Kier alpha value is -0.870. The lowest BCUT2D eigenvalue weighted by atomic mass is 10.2. The average Bonchev–Trinajstić information content (AvgIpc) is 2.66. The van der Waals surface area contributed by atoms with Crippen LogP contribution >= 0.6 is 27.3 Å². The van der Waals surface area contributed by atoms with E-state index in [4.69, 9.17) is 4.74 Å². The largest absolute Gasteiger partial charge is 0.485 e. The summed E-state index contributed by atoms with van der Waals surface area (Å²) in [4.78, 5) is 1.06. The van der Waals surface area contributed by atoms with E-state index in [-0.39, 0.29) is 5.82 Å². The Labute approximate surface area is 106 Å². The van der Waals surface area contributed by atoms with E-state index in [1.54, 1.807) is 23.5 Å². The monoisotopic (exact) mass is 300 g/mol. The first-order chi connectivity index (χ1) is 7.65. The Kier molecular flexibility index (Phi) is 3.61. The summed E-state index contributed by atoms with van der Waals surface area (Å²) in [6.45, 7) is 2.31. The second-order valence-electron chi connectivity index (χ2n) is 3.43. The van der Waals surface area contributed by atoms with Crippen molar-refractivity contribution in [1.82, 2.24) is 0 Å². The minimum atomic E-state index is -0.318. The summed E-state index contributed by atoms with van der Waals surface area (Å²) in [5, 5.41) is 0. The van der Waals surface area contributed by atoms with Gasteiger partial charge in [-0.3, -0.25) is 0 Å². The minimum Gasteiger partial charge on any atom is -0.485 e. The van der Waals surface area contributed by atoms with Crippen LogP contribution in [-0.2, 0) is 6.61 Å². The van der Waals surface area contributed by atoms with Crippen LogP contribution < -0.4 is 4.74 Å². The number of ether oxygens (including phenoxy) is 1. The molecular formula is C12H10BrFOS. The molecule has 0 spiro atoms. The maximum absolute atomic E-state index is 13.3. The molecule has 0 atom stereocenters. The number of hydrogen-bond acceptors (Lipinski definition) is 2. The van der Waals surface area contributed by atoms with Gasteiger partial charge in [-0.15, -0.1) is 11.3 Å². The number of aryl methyl sites for hydroxylation is 1. The highest BCUT2D eigenvalue weighted by Crippen LogP contribution is 2.25. The van der Waals surface area contributed by atoms with E-state index >= 15 is 0 Å². The molecule has 0 saturated carbocycles. The molecule has 0 saturated heterocycles. The van der Waals surface area contributed by atoms with Crippen molar-refractivity contribution >= 4 is 27.3 Å². The molecule has 0 bridgehead atoms. The van der Waals surface area contributed by atoms with Crippen LogP contribution in [0, 0.1) is 12.7 Å². The van der Waals surface area contributed by atoms with Gasteiger partial charge in [-0.2, -0.15) is 0 Å². The molecule has 1 nitrogen and oxygen atoms in total. The van der Waals surface area contributed by atoms with E-state index in [0.717, 1.165) is 14.2 Å². The highest BCUT2D eigenvalue weighted by atomic mass is 79.9. The third-order valence-corrected chi connectivity index (χ3v) is 3.68. The molecule has 0 radical (unpaired) electrons. The number of benzene rings is 1. The van der Waals surface area contributed by atoms with E-state index in [0.29, 0.717) is 12.4 Å². The fourth-order valence-electron chi connectivity index (χ4n) is 1.30. The fourth-order valence-corrected chi connectivity index (χ4v) is 2.70. The zero-order valence-corrected chi connectivity index (χ0v) is 11.1. The second kappa shape index (κ2) is 4.97. The maximum atomic E-state index is 13.3. The zero-order valence-electron chi connectivity index (χ0n) is 8.67. The molecule has 1 heterocycles. The quantitative estimate of drug-likeness (QED) is 0.809. The van der Waals surface area contributed by atoms with Crippen molar-refractivity contribution in [2.24, 2.45) is 0 Å². The fraction of sp³-hybridized carbons (Fsp3) is 0.167. The van der Waals surface area contributed by atoms with Gasteiger partial charge in [0.05, 0.1) is 3.79 Å². The van der Waals surface area contributed by atoms with Gasteiger partial charge in [0.25, 0.3) is 0 Å². The normalized spacial score (nSPS) is 10.4. The smallest absolute Gasteiger partial charge is 0.165 e. The molecule has 0 unspecified atom stereocenters. The Balaban J connectivity index is 2.07. The highest BCUT2D eigenvalue weighted by Gasteiger charge is 2.04. The van der Waals surface area contributed by atoms with Gasteiger partial charge < -0.3 is 4.74 Å². The summed E-state index contributed by atoms with van der Waals surface area (Å²) < 4.78 is 19.8. The second-order valence-corrected chi connectivity index (χ2v) is 5.98. The van der Waals surface area contributed by atoms with Crippen molar-refractivity contribution in [1.29, 1.82) is 0 Å². The molecule has 1 aromatic heterocycles. The zero-order chi connectivity index (χ0) is 11.5. The van der Waals surface area contributed by atoms with Crippen LogP contribution in [0.2, 0.25) is 0 Å². The van der Waals surface area contributed by atoms with E-state index in [2.05, 4.69) is 15.9 Å². The molecule has 2 rings (SSSR count). The van der Waals surface area contributed by atoms with Crippen molar-refractivity contribution in [3.63, 3.8) is 0 Å². The maximum Gasteiger partial charge on any atom is 0.165 e. The molecule has 0 aliphatic carbocycles. The van der Waals surface area contributed by atoms with Gasteiger partial charge in [0.1, 0.15) is 6.61 Å². The number of thiophene rings is 1. The van der Waals surface area contributed by atoms with Gasteiger partial charge in [-0.05, 0) is 52.7 Å². The Morgan fingerprint density at radius 2 is 2.12 bits per heavy atom. The predicted molar refractivity (Wildman–Crippen MR) is 67.5 cm³/mol. The Morgan fingerprint density at radius 1 is 1.31 bits per heavy atom. The summed E-state index contributed by atoms with van der Waals surface area (Å²) in [5.41, 5.74) is 0.990. The van der Waals surface area contributed by atoms with Crippen molar-refractivity contribution < 1.29 is 9.13 Å². The van der Waals surface area contributed by atoms with Crippen LogP contribution in [0.3, 0.4) is 0 Å². The van der Waals surface area contributed by atoms with Gasteiger partial charge in [0.15, 0.2) is 11.6 Å². The lowest BCUT2D eigenvalue weighted by Gasteiger charge is -2.06. The van der Waals surface area contributed by atoms with Gasteiger partial charge >= 0.3 is 0 Å². The van der Waals surface area contributed by atoms with Crippen LogP contribution in [0.25, 0.3) is 0 Å². The van der Waals surface area contributed by atoms with Crippen LogP contribution in [0.15, 0.2) is 34.1 Å². The van der Waals surface area contributed by atoms with Crippen LogP contribution in [0.1, 0.15) is 10.4 Å². The summed E-state index contributed by atoms with van der Waals surface area (Å²) in [5.74, 6) is -0.00857. The molecule has 2 aromatic rings. The first-order valence-electron chi connectivity index (χ1n) is 4.78. The average molecular weight is 301 g/mol. The van der Waals surface area contributed by atoms with E-state index in [1.165, 1.54) is 6.07 Å². The summed E-state index contributed by atoms with van der Waals surface area (Å²) in [6.07, 6.45) is 0. The minimum absolute atomic E-state index is 0.310. The van der Waals surface area contributed by atoms with Gasteiger partial charge in [0, 0.05) is 4.88 Å². The molecular weight excluding hydrogens is 291 g/mol. The van der Waals surface area contributed by atoms with Crippen LogP contribution in [0.5, 0.6) is 5.75 Å². The van der Waals surface area contributed by atoms with Crippen LogP contribution in [0.4, 0.5) is 4.39 Å². The Morgan fingerprint density at radius 3 is 2.81 bits per heavy atom. The van der Waals surface area contributed by atoms with Crippen molar-refractivity contribution in [3.8, 4) is 5.75 Å². The summed E-state index contributed by atoms with van der Waals surface area (Å²) in [7, 11) is 0. The lowest BCUT2D eigenvalue weighted by Crippen LogP contribution is -1.95. The number of hydrogen-bond donors (Lipinski definition) is 0. The predicted octanol–water partition coefficient (Wildman–Crippen LogP) is 4.54. The topological polar surface area (TPSA) is 9.23 Å². The standard InChI is InChI=1S/C12H10BrFOS/c1-8-2-4-10(14)11(6-8)15-7-9-3-5-12(13)16-9/h2-6H,7H2,1H3. The third-order valence-electron chi connectivity index (χ3n) is 2.09. The first-order valence-corrected chi connectivity index (χ1v) is 6.39. The lowest BCUT2D eigenvalue weighted by molar-refractivity contribution is 0.293. The van der Waals surface area contributed by atoms with Crippen molar-refractivity contribution in [3.05, 3.63) is 50.4 Å². The summed E-state index contributed by atoms with van der Waals surface area (Å²) in [6, 6.07) is 8.77. The van der Waals surface area contributed by atoms with E-state index in [9.17, 15) is 4.39 Å². The SMILES string of the molecule is Cc1ccc(F)c(OCc2ccc(Br)s2)c1. The molecule has 0 N–H and O–H groups in total. The van der Waals surface area contributed by atoms with Crippen molar-refractivity contribution in [2.45, 2.75) is 13.5 Å². The van der Waals surface area contributed by atoms with Gasteiger partial charge in [-0.25, -0.2) is 4.39 Å². The first kappa shape index (κ1) is 11.6. The van der Waals surface area contributed by atoms with Crippen molar-refractivity contribution in [2.75, 3.05) is 0 Å². The molecule has 0 aliphatic heterocycles.